The standard InChI is InChI=1S/C12H7N3O2S/c16-11-10(18-12(17)15-11)6-7-1-2-8-9(5-7)14-4-3-13-8/h1-6H,(H,15,16,17)/p-1/b10-6-. The van der Waals surface area contributed by atoms with E-state index in [1.165, 1.54) is 0 Å². The van der Waals surface area contributed by atoms with Gasteiger partial charge in [0, 0.05) is 17.6 Å². The summed E-state index contributed by atoms with van der Waals surface area (Å²) >= 11 is 0.844. The van der Waals surface area contributed by atoms with Gasteiger partial charge in [-0.05, 0) is 23.8 Å². The molecule has 0 radical (unpaired) electrons. The van der Waals surface area contributed by atoms with Gasteiger partial charge in [-0.2, -0.15) is 0 Å². The number of carbonyl (C=O) groups is 1. The van der Waals surface area contributed by atoms with Gasteiger partial charge in [0.15, 0.2) is 0 Å². The number of carbonyl (C=O) groups excluding carboxylic acids is 1. The summed E-state index contributed by atoms with van der Waals surface area (Å²) in [7, 11) is 0. The van der Waals surface area contributed by atoms with Gasteiger partial charge >= 0.3 is 0 Å². The highest BCUT2D eigenvalue weighted by Gasteiger charge is 2.15. The molecule has 0 saturated carbocycles. The molecule has 6 heteroatoms. The van der Waals surface area contributed by atoms with Gasteiger partial charge in [-0.1, -0.05) is 17.8 Å². The van der Waals surface area contributed by atoms with E-state index >= 15 is 0 Å². The summed E-state index contributed by atoms with van der Waals surface area (Å²) in [6.45, 7) is 0. The lowest BCUT2D eigenvalue weighted by Crippen LogP contribution is -2.08. The maximum atomic E-state index is 11.3. The fraction of sp³-hybridized carbons (Fsp3) is 0. The smallest absolute Gasteiger partial charge is 0.283 e. The van der Waals surface area contributed by atoms with E-state index in [4.69, 9.17) is 0 Å². The van der Waals surface area contributed by atoms with Crippen molar-refractivity contribution in [3.8, 4) is 0 Å². The summed E-state index contributed by atoms with van der Waals surface area (Å²) in [6, 6.07) is 5.45. The highest BCUT2D eigenvalue weighted by Crippen LogP contribution is 2.26. The number of hydrogen-bond acceptors (Lipinski definition) is 5. The molecule has 1 aliphatic rings. The number of thioether (sulfide) groups is 1. The van der Waals surface area contributed by atoms with Crippen LogP contribution in [-0.2, 0) is 4.79 Å². The van der Waals surface area contributed by atoms with Crippen molar-refractivity contribution in [1.82, 2.24) is 9.97 Å². The first-order valence-electron chi connectivity index (χ1n) is 5.13. The summed E-state index contributed by atoms with van der Waals surface area (Å²) in [5.41, 5.74) is 2.32. The lowest BCUT2D eigenvalue weighted by Gasteiger charge is -2.00. The lowest BCUT2D eigenvalue weighted by atomic mass is 10.2. The summed E-state index contributed by atoms with van der Waals surface area (Å²) in [5.74, 6) is -0.482. The monoisotopic (exact) mass is 256 g/mol. The van der Waals surface area contributed by atoms with Gasteiger partial charge in [-0.3, -0.25) is 14.8 Å². The molecular formula is C12H6N3O2S-. The van der Waals surface area contributed by atoms with E-state index in [9.17, 15) is 9.90 Å². The molecule has 0 N–H and O–H groups in total. The van der Waals surface area contributed by atoms with E-state index in [0.717, 1.165) is 28.4 Å². The summed E-state index contributed by atoms with van der Waals surface area (Å²) in [5, 5.41) is 10.5. The Kier molecular flexibility index (Phi) is 2.56. The number of benzene rings is 1. The van der Waals surface area contributed by atoms with Crippen LogP contribution in [0.3, 0.4) is 0 Å². The van der Waals surface area contributed by atoms with E-state index in [0.29, 0.717) is 4.91 Å². The maximum absolute atomic E-state index is 11.3. The second-order valence-corrected chi connectivity index (χ2v) is 4.59. The Balaban J connectivity index is 2.01. The molecule has 1 aliphatic heterocycles. The Morgan fingerprint density at radius 3 is 2.67 bits per heavy atom. The number of rotatable bonds is 1. The number of aliphatic imine (C=N–C) groups is 1. The predicted molar refractivity (Wildman–Crippen MR) is 67.5 cm³/mol. The van der Waals surface area contributed by atoms with Crippen LogP contribution in [-0.4, -0.2) is 21.1 Å². The van der Waals surface area contributed by atoms with Crippen molar-refractivity contribution in [2.24, 2.45) is 4.99 Å². The van der Waals surface area contributed by atoms with E-state index in [-0.39, 0.29) is 0 Å². The average molecular weight is 256 g/mol. The van der Waals surface area contributed by atoms with Gasteiger partial charge in [0.05, 0.1) is 15.9 Å². The first-order chi connectivity index (χ1) is 8.72. The summed E-state index contributed by atoms with van der Waals surface area (Å²) in [6.07, 6.45) is 4.86. The Bertz CT molecular complexity index is 709. The quantitative estimate of drug-likeness (QED) is 0.710. The zero-order chi connectivity index (χ0) is 12.5. The molecule has 2 heterocycles. The van der Waals surface area contributed by atoms with Crippen molar-refractivity contribution in [3.05, 3.63) is 41.1 Å². The maximum Gasteiger partial charge on any atom is 0.283 e. The predicted octanol–water partition coefficient (Wildman–Crippen LogP) is 0.960. The molecule has 88 valence electrons. The molecule has 0 bridgehead atoms. The van der Waals surface area contributed by atoms with Crippen LogP contribution in [0, 0.1) is 0 Å². The zero-order valence-electron chi connectivity index (χ0n) is 9.03. The molecular weight excluding hydrogens is 250 g/mol. The third-order valence-electron chi connectivity index (χ3n) is 2.39. The third-order valence-corrected chi connectivity index (χ3v) is 3.17. The second-order valence-electron chi connectivity index (χ2n) is 3.60. The molecule has 3 rings (SSSR count). The largest absolute Gasteiger partial charge is 0.853 e. The van der Waals surface area contributed by atoms with Crippen LogP contribution in [0.25, 0.3) is 17.1 Å². The van der Waals surface area contributed by atoms with Crippen molar-refractivity contribution < 1.29 is 9.90 Å². The van der Waals surface area contributed by atoms with Gasteiger partial charge in [0.2, 0.25) is 0 Å². The van der Waals surface area contributed by atoms with Crippen LogP contribution in [0.4, 0.5) is 0 Å². The molecule has 0 unspecified atom stereocenters. The summed E-state index contributed by atoms with van der Waals surface area (Å²) < 4.78 is 0. The molecule has 0 fully saturated rings. The van der Waals surface area contributed by atoms with Crippen molar-refractivity contribution >= 4 is 40.0 Å². The minimum absolute atomic E-state index is 0.336. The Morgan fingerprint density at radius 2 is 1.94 bits per heavy atom. The normalized spacial score (nSPS) is 17.4. The Labute approximate surface area is 106 Å². The van der Waals surface area contributed by atoms with Crippen molar-refractivity contribution in [2.45, 2.75) is 0 Å². The highest BCUT2D eigenvalue weighted by atomic mass is 32.2. The van der Waals surface area contributed by atoms with Crippen molar-refractivity contribution in [2.75, 3.05) is 0 Å². The molecule has 0 saturated heterocycles. The first-order valence-corrected chi connectivity index (χ1v) is 5.94. The van der Waals surface area contributed by atoms with E-state index in [1.54, 1.807) is 18.5 Å². The topological polar surface area (TPSA) is 78.3 Å². The number of nitrogens with zero attached hydrogens (tertiary/aromatic N) is 3. The van der Waals surface area contributed by atoms with E-state index in [2.05, 4.69) is 15.0 Å². The van der Waals surface area contributed by atoms with E-state index in [1.807, 2.05) is 18.2 Å². The fourth-order valence-corrected chi connectivity index (χ4v) is 2.26. The van der Waals surface area contributed by atoms with Gasteiger partial charge in [-0.25, -0.2) is 4.99 Å². The third kappa shape index (κ3) is 1.98. The first kappa shape index (κ1) is 10.9. The zero-order valence-corrected chi connectivity index (χ0v) is 9.85. The average Bonchev–Trinajstić information content (AvgIpc) is 2.68. The molecule has 2 aromatic rings. The fourth-order valence-electron chi connectivity index (χ4n) is 1.61. The SMILES string of the molecule is O=C1N=C([O-])S/C1=C\c1ccc2nccnc2c1. The number of aromatic nitrogens is 2. The van der Waals surface area contributed by atoms with Crippen molar-refractivity contribution in [3.63, 3.8) is 0 Å². The molecule has 0 aliphatic carbocycles. The number of fused-ring (bicyclic) bond motifs is 1. The van der Waals surface area contributed by atoms with Crippen LogP contribution in [0.1, 0.15) is 5.56 Å². The van der Waals surface area contributed by atoms with Crippen molar-refractivity contribution in [1.29, 1.82) is 0 Å². The molecule has 1 aromatic heterocycles. The highest BCUT2D eigenvalue weighted by molar-refractivity contribution is 8.18. The van der Waals surface area contributed by atoms with Crippen LogP contribution in [0.15, 0.2) is 40.5 Å². The van der Waals surface area contributed by atoms with Crippen LogP contribution in [0.5, 0.6) is 0 Å². The van der Waals surface area contributed by atoms with Gasteiger partial charge in [0.25, 0.3) is 5.91 Å². The molecule has 0 atom stereocenters. The van der Waals surface area contributed by atoms with Gasteiger partial charge in [-0.15, -0.1) is 0 Å². The van der Waals surface area contributed by atoms with Crippen LogP contribution in [0.2, 0.25) is 0 Å². The molecule has 0 spiro atoms. The van der Waals surface area contributed by atoms with Gasteiger partial charge in [0.1, 0.15) is 0 Å². The van der Waals surface area contributed by atoms with Crippen LogP contribution >= 0.6 is 11.8 Å². The minimum atomic E-state index is -0.482. The molecule has 5 nitrogen and oxygen atoms in total. The molecule has 1 aromatic carbocycles. The molecule has 1 amide bonds. The Hall–Kier alpha value is -2.21. The Morgan fingerprint density at radius 1 is 1.17 bits per heavy atom. The van der Waals surface area contributed by atoms with E-state index < -0.39 is 11.1 Å². The summed E-state index contributed by atoms with van der Waals surface area (Å²) in [4.78, 5) is 23.3. The van der Waals surface area contributed by atoms with Gasteiger partial charge < -0.3 is 5.11 Å². The second kappa shape index (κ2) is 4.23. The van der Waals surface area contributed by atoms with Crippen LogP contribution < -0.4 is 5.11 Å². The lowest BCUT2D eigenvalue weighted by molar-refractivity contribution is -0.205. The molecule has 18 heavy (non-hydrogen) atoms. The minimum Gasteiger partial charge on any atom is -0.853 e. The number of hydrogen-bond donors (Lipinski definition) is 0. The number of amides is 1.